The molecule has 3 aromatic rings. The topological polar surface area (TPSA) is 51.7 Å². The van der Waals surface area contributed by atoms with Gasteiger partial charge in [-0.15, -0.1) is 0 Å². The van der Waals surface area contributed by atoms with Gasteiger partial charge in [-0.3, -0.25) is 9.78 Å². The molecule has 5 heteroatoms. The van der Waals surface area contributed by atoms with Crippen molar-refractivity contribution < 1.29 is 14.3 Å². The van der Waals surface area contributed by atoms with Crippen molar-refractivity contribution >= 4 is 5.91 Å². The van der Waals surface area contributed by atoms with Crippen LogP contribution in [0.25, 0.3) is 11.3 Å². The number of benzene rings is 2. The summed E-state index contributed by atoms with van der Waals surface area (Å²) in [4.78, 5) is 18.9. The molecule has 0 saturated carbocycles. The molecule has 0 spiro atoms. The van der Waals surface area contributed by atoms with Crippen LogP contribution in [-0.4, -0.2) is 42.1 Å². The van der Waals surface area contributed by atoms with Crippen molar-refractivity contribution in [3.05, 3.63) is 84.1 Å². The molecule has 28 heavy (non-hydrogen) atoms. The van der Waals surface area contributed by atoms with Crippen LogP contribution in [0.5, 0.6) is 5.75 Å². The molecule has 0 bridgehead atoms. The third-order valence-corrected chi connectivity index (χ3v) is 4.71. The molecule has 0 unspecified atom stereocenters. The summed E-state index contributed by atoms with van der Waals surface area (Å²) in [7, 11) is 0. The zero-order valence-electron chi connectivity index (χ0n) is 15.6. The number of rotatable bonds is 5. The maximum Gasteiger partial charge on any atom is 0.255 e. The average Bonchev–Trinajstić information content (AvgIpc) is 2.79. The van der Waals surface area contributed by atoms with E-state index in [1.165, 1.54) is 0 Å². The number of carbonyl (C=O) groups excluding carboxylic acids is 1. The Morgan fingerprint density at radius 2 is 1.71 bits per heavy atom. The van der Waals surface area contributed by atoms with Gasteiger partial charge in [0.25, 0.3) is 5.91 Å². The molecule has 1 aromatic heterocycles. The van der Waals surface area contributed by atoms with E-state index >= 15 is 0 Å². The van der Waals surface area contributed by atoms with Crippen LogP contribution in [0.2, 0.25) is 0 Å². The molecule has 1 saturated heterocycles. The molecule has 1 fully saturated rings. The van der Waals surface area contributed by atoms with E-state index in [1.54, 1.807) is 11.1 Å². The van der Waals surface area contributed by atoms with Crippen LogP contribution < -0.4 is 4.74 Å². The molecule has 0 N–H and O–H groups in total. The molecule has 1 amide bonds. The van der Waals surface area contributed by atoms with Crippen LogP contribution in [0.3, 0.4) is 0 Å². The van der Waals surface area contributed by atoms with Crippen LogP contribution in [0, 0.1) is 0 Å². The maximum atomic E-state index is 12.6. The summed E-state index contributed by atoms with van der Waals surface area (Å²) in [6, 6.07) is 21.6. The predicted octanol–water partition coefficient (Wildman–Crippen LogP) is 3.80. The highest BCUT2D eigenvalue weighted by molar-refractivity contribution is 5.94. The number of para-hydroxylation sites is 1. The minimum absolute atomic E-state index is 0.00374. The number of hydrogen-bond acceptors (Lipinski definition) is 4. The predicted molar refractivity (Wildman–Crippen MR) is 107 cm³/mol. The number of hydrogen-bond donors (Lipinski definition) is 0. The second-order valence-corrected chi connectivity index (χ2v) is 6.61. The molecule has 0 aliphatic carbocycles. The lowest BCUT2D eigenvalue weighted by Crippen LogP contribution is -2.40. The Kier molecular flexibility index (Phi) is 5.64. The normalized spacial score (nSPS) is 13.9. The number of carbonyl (C=O) groups is 1. The first-order valence-corrected chi connectivity index (χ1v) is 9.40. The average molecular weight is 374 g/mol. The fourth-order valence-electron chi connectivity index (χ4n) is 3.17. The summed E-state index contributed by atoms with van der Waals surface area (Å²) in [5.41, 5.74) is 3.39. The van der Waals surface area contributed by atoms with Crippen LogP contribution >= 0.6 is 0 Å². The molecular formula is C23H22N2O3. The van der Waals surface area contributed by atoms with Crippen molar-refractivity contribution in [3.8, 4) is 17.0 Å². The van der Waals surface area contributed by atoms with Crippen molar-refractivity contribution in [1.82, 2.24) is 9.88 Å². The van der Waals surface area contributed by atoms with E-state index in [-0.39, 0.29) is 5.91 Å². The van der Waals surface area contributed by atoms with Gasteiger partial charge in [0, 0.05) is 24.8 Å². The van der Waals surface area contributed by atoms with Gasteiger partial charge in [0.2, 0.25) is 0 Å². The molecular weight excluding hydrogens is 352 g/mol. The fraction of sp³-hybridized carbons (Fsp3) is 0.217. The van der Waals surface area contributed by atoms with Gasteiger partial charge >= 0.3 is 0 Å². The number of aromatic nitrogens is 1. The largest absolute Gasteiger partial charge is 0.488 e. The van der Waals surface area contributed by atoms with Gasteiger partial charge in [-0.05, 0) is 29.8 Å². The van der Waals surface area contributed by atoms with E-state index in [1.807, 2.05) is 66.7 Å². The standard InChI is InChI=1S/C23H22N2O3/c26-23(25-12-14-27-15-13-25)19-10-11-21(24-16-19)20-8-4-5-9-22(20)28-17-18-6-2-1-3-7-18/h1-11,16H,12-15,17H2. The zero-order chi connectivity index (χ0) is 19.2. The lowest BCUT2D eigenvalue weighted by molar-refractivity contribution is 0.0302. The van der Waals surface area contributed by atoms with E-state index in [0.717, 1.165) is 22.6 Å². The van der Waals surface area contributed by atoms with Gasteiger partial charge in [0.05, 0.1) is 24.5 Å². The molecule has 142 valence electrons. The summed E-state index contributed by atoms with van der Waals surface area (Å²) < 4.78 is 11.3. The van der Waals surface area contributed by atoms with E-state index in [0.29, 0.717) is 38.5 Å². The van der Waals surface area contributed by atoms with Crippen LogP contribution in [0.1, 0.15) is 15.9 Å². The van der Waals surface area contributed by atoms with Crippen LogP contribution in [0.15, 0.2) is 72.9 Å². The highest BCUT2D eigenvalue weighted by Crippen LogP contribution is 2.29. The molecule has 2 aromatic carbocycles. The maximum absolute atomic E-state index is 12.6. The molecule has 4 rings (SSSR count). The Morgan fingerprint density at radius 1 is 0.964 bits per heavy atom. The molecule has 5 nitrogen and oxygen atoms in total. The molecule has 1 aliphatic rings. The quantitative estimate of drug-likeness (QED) is 0.682. The lowest BCUT2D eigenvalue weighted by atomic mass is 10.1. The van der Waals surface area contributed by atoms with Gasteiger partial charge in [0.1, 0.15) is 12.4 Å². The Bertz CT molecular complexity index is 920. The van der Waals surface area contributed by atoms with Crippen LogP contribution in [0.4, 0.5) is 0 Å². The lowest BCUT2D eigenvalue weighted by Gasteiger charge is -2.26. The molecule has 0 atom stereocenters. The summed E-state index contributed by atoms with van der Waals surface area (Å²) in [5.74, 6) is 0.766. The molecule has 0 radical (unpaired) electrons. The fourth-order valence-corrected chi connectivity index (χ4v) is 3.17. The van der Waals surface area contributed by atoms with Gasteiger partial charge in [-0.25, -0.2) is 0 Å². The Morgan fingerprint density at radius 3 is 2.46 bits per heavy atom. The SMILES string of the molecule is O=C(c1ccc(-c2ccccc2OCc2ccccc2)nc1)N1CCOCC1. The highest BCUT2D eigenvalue weighted by atomic mass is 16.5. The van der Waals surface area contributed by atoms with Crippen molar-refractivity contribution in [2.45, 2.75) is 6.61 Å². The third kappa shape index (κ3) is 4.21. The smallest absolute Gasteiger partial charge is 0.255 e. The summed E-state index contributed by atoms with van der Waals surface area (Å²) in [5, 5.41) is 0. The van der Waals surface area contributed by atoms with Crippen molar-refractivity contribution in [2.75, 3.05) is 26.3 Å². The Balaban J connectivity index is 1.50. The summed E-state index contributed by atoms with van der Waals surface area (Å²) >= 11 is 0. The summed E-state index contributed by atoms with van der Waals surface area (Å²) in [6.07, 6.45) is 1.64. The Hall–Kier alpha value is -3.18. The van der Waals surface area contributed by atoms with E-state index in [9.17, 15) is 4.79 Å². The van der Waals surface area contributed by atoms with Gasteiger partial charge in [-0.2, -0.15) is 0 Å². The van der Waals surface area contributed by atoms with Crippen molar-refractivity contribution in [2.24, 2.45) is 0 Å². The minimum atomic E-state index is -0.00374. The number of nitrogens with zero attached hydrogens (tertiary/aromatic N) is 2. The van der Waals surface area contributed by atoms with E-state index in [4.69, 9.17) is 9.47 Å². The van der Waals surface area contributed by atoms with Crippen molar-refractivity contribution in [3.63, 3.8) is 0 Å². The number of morpholine rings is 1. The second-order valence-electron chi connectivity index (χ2n) is 6.61. The van der Waals surface area contributed by atoms with Crippen LogP contribution in [-0.2, 0) is 11.3 Å². The third-order valence-electron chi connectivity index (χ3n) is 4.71. The van der Waals surface area contributed by atoms with Crippen molar-refractivity contribution in [1.29, 1.82) is 0 Å². The first kappa shape index (κ1) is 18.2. The number of ether oxygens (including phenoxy) is 2. The minimum Gasteiger partial charge on any atom is -0.488 e. The molecule has 1 aliphatic heterocycles. The van der Waals surface area contributed by atoms with E-state index in [2.05, 4.69) is 4.98 Å². The first-order valence-electron chi connectivity index (χ1n) is 9.40. The second kappa shape index (κ2) is 8.67. The monoisotopic (exact) mass is 374 g/mol. The summed E-state index contributed by atoms with van der Waals surface area (Å²) in [6.45, 7) is 2.91. The van der Waals surface area contributed by atoms with E-state index < -0.39 is 0 Å². The molecule has 2 heterocycles. The number of amides is 1. The zero-order valence-corrected chi connectivity index (χ0v) is 15.6. The van der Waals surface area contributed by atoms with Gasteiger partial charge < -0.3 is 14.4 Å². The first-order chi connectivity index (χ1) is 13.8. The highest BCUT2D eigenvalue weighted by Gasteiger charge is 2.19. The number of pyridine rings is 1. The van der Waals surface area contributed by atoms with Gasteiger partial charge in [0.15, 0.2) is 0 Å². The Labute approximate surface area is 164 Å². The van der Waals surface area contributed by atoms with Gasteiger partial charge in [-0.1, -0.05) is 42.5 Å².